The van der Waals surface area contributed by atoms with E-state index in [0.29, 0.717) is 6.54 Å². The first kappa shape index (κ1) is 10.3. The molecule has 1 unspecified atom stereocenters. The number of hydrogen-bond acceptors (Lipinski definition) is 3. The van der Waals surface area contributed by atoms with Crippen LogP contribution in [0.25, 0.3) is 4.96 Å². The molecular weight excluding hydrogens is 218 g/mol. The summed E-state index contributed by atoms with van der Waals surface area (Å²) in [7, 11) is 0. The Morgan fingerprint density at radius 2 is 2.50 bits per heavy atom. The molecule has 2 aromatic heterocycles. The maximum absolute atomic E-state index is 5.56. The van der Waals surface area contributed by atoms with Crippen molar-refractivity contribution in [2.45, 2.75) is 32.6 Å². The van der Waals surface area contributed by atoms with E-state index in [1.165, 1.54) is 25.0 Å². The molecule has 0 aliphatic heterocycles. The monoisotopic (exact) mass is 235 g/mol. The van der Waals surface area contributed by atoms with Crippen LogP contribution in [0.1, 0.15) is 29.6 Å². The van der Waals surface area contributed by atoms with Crippen molar-refractivity contribution in [1.29, 1.82) is 0 Å². The Balaban J connectivity index is 2.04. The minimum atomic E-state index is 0.685. The molecule has 1 aliphatic rings. The van der Waals surface area contributed by atoms with Gasteiger partial charge in [-0.3, -0.25) is 4.40 Å². The third kappa shape index (κ3) is 1.57. The summed E-state index contributed by atoms with van der Waals surface area (Å²) >= 11 is 1.86. The average Bonchev–Trinajstić information content (AvgIpc) is 2.74. The van der Waals surface area contributed by atoms with Gasteiger partial charge in [-0.15, -0.1) is 11.3 Å². The number of fused-ring (bicyclic) bond motifs is 3. The summed E-state index contributed by atoms with van der Waals surface area (Å²) in [5.74, 6) is 0.833. The van der Waals surface area contributed by atoms with Crippen LogP contribution < -0.4 is 5.73 Å². The van der Waals surface area contributed by atoms with E-state index in [1.807, 2.05) is 11.3 Å². The lowest BCUT2D eigenvalue weighted by molar-refractivity contribution is 0.499. The van der Waals surface area contributed by atoms with Gasteiger partial charge in [0.1, 0.15) is 0 Å². The second kappa shape index (κ2) is 3.86. The van der Waals surface area contributed by atoms with E-state index in [-0.39, 0.29) is 0 Å². The van der Waals surface area contributed by atoms with Crippen molar-refractivity contribution in [3.05, 3.63) is 22.5 Å². The lowest BCUT2D eigenvalue weighted by Gasteiger charge is -2.17. The van der Waals surface area contributed by atoms with Crippen LogP contribution in [0.5, 0.6) is 0 Å². The summed E-state index contributed by atoms with van der Waals surface area (Å²) in [4.78, 5) is 7.33. The maximum Gasteiger partial charge on any atom is 0.194 e. The summed E-state index contributed by atoms with van der Waals surface area (Å²) < 4.78 is 2.29. The normalized spacial score (nSPS) is 20.2. The fraction of sp³-hybridized carbons (Fsp3) is 0.583. The number of thiazole rings is 1. The average molecular weight is 235 g/mol. The van der Waals surface area contributed by atoms with Gasteiger partial charge in [-0.1, -0.05) is 6.92 Å². The molecule has 2 N–H and O–H groups in total. The summed E-state index contributed by atoms with van der Waals surface area (Å²) in [6.45, 7) is 3.02. The topological polar surface area (TPSA) is 43.3 Å². The van der Waals surface area contributed by atoms with Gasteiger partial charge >= 0.3 is 0 Å². The molecule has 0 spiro atoms. The zero-order valence-electron chi connectivity index (χ0n) is 9.57. The third-order valence-electron chi connectivity index (χ3n) is 3.36. The molecule has 0 radical (unpaired) electrons. The minimum absolute atomic E-state index is 0.685. The molecule has 3 rings (SSSR count). The molecule has 0 fully saturated rings. The second-order valence-electron chi connectivity index (χ2n) is 4.74. The van der Waals surface area contributed by atoms with Gasteiger partial charge in [0.05, 0.1) is 5.69 Å². The summed E-state index contributed by atoms with van der Waals surface area (Å²) in [6, 6.07) is 0. The summed E-state index contributed by atoms with van der Waals surface area (Å²) in [5.41, 5.74) is 8.19. The molecule has 16 heavy (non-hydrogen) atoms. The Kier molecular flexibility index (Phi) is 2.48. The van der Waals surface area contributed by atoms with Crippen molar-refractivity contribution >= 4 is 16.3 Å². The second-order valence-corrected chi connectivity index (χ2v) is 5.81. The first-order valence-corrected chi connectivity index (χ1v) is 6.78. The Bertz CT molecular complexity index is 512. The summed E-state index contributed by atoms with van der Waals surface area (Å²) in [5, 5.41) is 0. The van der Waals surface area contributed by atoms with Crippen LogP contribution in [0.3, 0.4) is 0 Å². The van der Waals surface area contributed by atoms with Crippen LogP contribution in [0.15, 0.2) is 6.20 Å². The molecule has 0 saturated carbocycles. The zero-order valence-corrected chi connectivity index (χ0v) is 10.4. The number of aryl methyl sites for hydroxylation is 1. The lowest BCUT2D eigenvalue weighted by atomic mass is 9.93. The molecular formula is C12H17N3S. The molecule has 0 bridgehead atoms. The Labute approximate surface area is 99.3 Å². The van der Waals surface area contributed by atoms with Crippen LogP contribution in [-0.4, -0.2) is 15.9 Å². The van der Waals surface area contributed by atoms with Crippen molar-refractivity contribution in [2.24, 2.45) is 11.7 Å². The number of rotatable bonds is 2. The van der Waals surface area contributed by atoms with E-state index in [2.05, 4.69) is 22.5 Å². The van der Waals surface area contributed by atoms with Gasteiger partial charge in [0.25, 0.3) is 0 Å². The number of hydrogen-bond donors (Lipinski definition) is 1. The van der Waals surface area contributed by atoms with Gasteiger partial charge in [-0.25, -0.2) is 4.98 Å². The van der Waals surface area contributed by atoms with E-state index < -0.39 is 0 Å². The SMILES string of the molecule is CC1CCc2c(sc3nc(CCN)cn23)C1. The highest BCUT2D eigenvalue weighted by Crippen LogP contribution is 2.32. The minimum Gasteiger partial charge on any atom is -0.330 e. The first-order chi connectivity index (χ1) is 7.78. The standard InChI is InChI=1S/C12H17N3S/c1-8-2-3-10-11(6-8)16-12-14-9(4-5-13)7-15(10)12/h7-8H,2-6,13H2,1H3. The van der Waals surface area contributed by atoms with Crippen molar-refractivity contribution in [3.8, 4) is 0 Å². The molecule has 1 atom stereocenters. The van der Waals surface area contributed by atoms with E-state index in [9.17, 15) is 0 Å². The highest BCUT2D eigenvalue weighted by atomic mass is 32.1. The van der Waals surface area contributed by atoms with Gasteiger partial charge in [-0.2, -0.15) is 0 Å². The van der Waals surface area contributed by atoms with Gasteiger partial charge in [0.15, 0.2) is 4.96 Å². The highest BCUT2D eigenvalue weighted by molar-refractivity contribution is 7.17. The molecule has 2 aromatic rings. The number of nitrogens with two attached hydrogens (primary N) is 1. The molecule has 0 aromatic carbocycles. The fourth-order valence-corrected chi connectivity index (χ4v) is 3.80. The number of nitrogens with zero attached hydrogens (tertiary/aromatic N) is 2. The smallest absolute Gasteiger partial charge is 0.194 e. The molecule has 4 heteroatoms. The van der Waals surface area contributed by atoms with E-state index in [1.54, 1.807) is 4.88 Å². The van der Waals surface area contributed by atoms with Crippen LogP contribution in [0, 0.1) is 5.92 Å². The lowest BCUT2D eigenvalue weighted by Crippen LogP contribution is -2.10. The molecule has 3 nitrogen and oxygen atoms in total. The fourth-order valence-electron chi connectivity index (χ4n) is 2.47. The Hall–Kier alpha value is -0.870. The number of imidazole rings is 1. The maximum atomic E-state index is 5.56. The predicted molar refractivity (Wildman–Crippen MR) is 67.0 cm³/mol. The molecule has 0 saturated heterocycles. The van der Waals surface area contributed by atoms with Crippen molar-refractivity contribution in [1.82, 2.24) is 9.38 Å². The Morgan fingerprint density at radius 3 is 3.31 bits per heavy atom. The molecule has 1 aliphatic carbocycles. The zero-order chi connectivity index (χ0) is 11.1. The van der Waals surface area contributed by atoms with Gasteiger partial charge < -0.3 is 5.73 Å². The molecule has 0 amide bonds. The van der Waals surface area contributed by atoms with Gasteiger partial charge in [0.2, 0.25) is 0 Å². The van der Waals surface area contributed by atoms with Crippen LogP contribution in [-0.2, 0) is 19.3 Å². The Morgan fingerprint density at radius 1 is 1.62 bits per heavy atom. The molecule has 86 valence electrons. The third-order valence-corrected chi connectivity index (χ3v) is 4.48. The largest absolute Gasteiger partial charge is 0.330 e. The van der Waals surface area contributed by atoms with Crippen LogP contribution in [0.2, 0.25) is 0 Å². The van der Waals surface area contributed by atoms with E-state index >= 15 is 0 Å². The molecule has 2 heterocycles. The first-order valence-electron chi connectivity index (χ1n) is 5.96. The van der Waals surface area contributed by atoms with Crippen molar-refractivity contribution in [3.63, 3.8) is 0 Å². The van der Waals surface area contributed by atoms with Crippen molar-refractivity contribution in [2.75, 3.05) is 6.54 Å². The highest BCUT2D eigenvalue weighted by Gasteiger charge is 2.21. The van der Waals surface area contributed by atoms with Gasteiger partial charge in [0, 0.05) is 23.2 Å². The predicted octanol–water partition coefficient (Wildman–Crippen LogP) is 2.02. The van der Waals surface area contributed by atoms with Crippen LogP contribution in [0.4, 0.5) is 0 Å². The van der Waals surface area contributed by atoms with Gasteiger partial charge in [-0.05, 0) is 31.7 Å². The van der Waals surface area contributed by atoms with E-state index in [4.69, 9.17) is 5.73 Å². The summed E-state index contributed by atoms with van der Waals surface area (Å²) in [6.07, 6.45) is 6.81. The number of aromatic nitrogens is 2. The quantitative estimate of drug-likeness (QED) is 0.865. The van der Waals surface area contributed by atoms with Crippen LogP contribution >= 0.6 is 11.3 Å². The van der Waals surface area contributed by atoms with E-state index in [0.717, 1.165) is 23.0 Å². The van der Waals surface area contributed by atoms with Crippen molar-refractivity contribution < 1.29 is 0 Å².